The first kappa shape index (κ1) is 22.4. The Kier molecular flexibility index (Phi) is 13.1. The first-order valence-electron chi connectivity index (χ1n) is 10.7. The van der Waals surface area contributed by atoms with E-state index in [-0.39, 0.29) is 12.1 Å². The third kappa shape index (κ3) is 10.2. The van der Waals surface area contributed by atoms with Crippen LogP contribution in [-0.4, -0.2) is 36.9 Å². The molecule has 0 radical (unpaired) electrons. The fraction of sp³-hybridized carbons (Fsp3) is 0.952. The Morgan fingerprint density at radius 1 is 1.04 bits per heavy atom. The van der Waals surface area contributed by atoms with Crippen molar-refractivity contribution in [2.75, 3.05) is 19.7 Å². The monoisotopic (exact) mass is 355 g/mol. The van der Waals surface area contributed by atoms with Gasteiger partial charge in [-0.15, -0.1) is 0 Å². The summed E-state index contributed by atoms with van der Waals surface area (Å²) in [5.41, 5.74) is 0. The van der Waals surface area contributed by atoms with E-state index in [4.69, 9.17) is 4.74 Å². The van der Waals surface area contributed by atoms with Crippen molar-refractivity contribution in [3.8, 4) is 0 Å². The van der Waals surface area contributed by atoms with Crippen molar-refractivity contribution in [3.05, 3.63) is 0 Å². The molecule has 0 aliphatic heterocycles. The number of aliphatic hydroxyl groups is 1. The third-order valence-electron chi connectivity index (χ3n) is 5.52. The largest absolute Gasteiger partial charge is 0.466 e. The van der Waals surface area contributed by atoms with Gasteiger partial charge in [-0.3, -0.25) is 4.79 Å². The van der Waals surface area contributed by atoms with Gasteiger partial charge in [0.25, 0.3) is 0 Å². The van der Waals surface area contributed by atoms with Gasteiger partial charge in [-0.25, -0.2) is 0 Å². The zero-order valence-corrected chi connectivity index (χ0v) is 16.6. The average molecular weight is 356 g/mol. The van der Waals surface area contributed by atoms with Gasteiger partial charge in [-0.2, -0.15) is 0 Å². The smallest absolute Gasteiger partial charge is 0.305 e. The van der Waals surface area contributed by atoms with E-state index in [1.807, 2.05) is 6.92 Å². The van der Waals surface area contributed by atoms with E-state index >= 15 is 0 Å². The molecule has 0 saturated heterocycles. The van der Waals surface area contributed by atoms with Crippen molar-refractivity contribution in [3.63, 3.8) is 0 Å². The number of unbranched alkanes of at least 4 members (excludes halogenated alkanes) is 6. The fourth-order valence-corrected chi connectivity index (χ4v) is 4.01. The number of hydrogen-bond acceptors (Lipinski definition) is 4. The molecule has 1 saturated carbocycles. The van der Waals surface area contributed by atoms with Crippen LogP contribution in [-0.2, 0) is 9.53 Å². The predicted octanol–water partition coefficient (Wildman–Crippen LogP) is 4.45. The zero-order chi connectivity index (χ0) is 18.3. The van der Waals surface area contributed by atoms with E-state index in [0.29, 0.717) is 24.9 Å². The number of aliphatic hydroxyl groups excluding tert-OH is 1. The zero-order valence-electron chi connectivity index (χ0n) is 16.6. The lowest BCUT2D eigenvalue weighted by Crippen LogP contribution is -2.29. The van der Waals surface area contributed by atoms with E-state index < -0.39 is 0 Å². The highest BCUT2D eigenvalue weighted by Gasteiger charge is 2.33. The number of carbonyl (C=O) groups is 1. The van der Waals surface area contributed by atoms with E-state index in [9.17, 15) is 9.90 Å². The molecule has 0 unspecified atom stereocenters. The van der Waals surface area contributed by atoms with Crippen LogP contribution in [0.5, 0.6) is 0 Å². The van der Waals surface area contributed by atoms with Gasteiger partial charge in [-0.1, -0.05) is 45.4 Å². The maximum atomic E-state index is 11.3. The molecule has 4 heteroatoms. The SMILES string of the molecule is CCCCCCNC[C@@H]1CC[C@@H](O)[C@@H]1CCCCCCC(=O)OCC. The van der Waals surface area contributed by atoms with E-state index in [2.05, 4.69) is 12.2 Å². The van der Waals surface area contributed by atoms with Crippen LogP contribution < -0.4 is 5.32 Å². The minimum atomic E-state index is -0.105. The van der Waals surface area contributed by atoms with Crippen LogP contribution in [0.1, 0.15) is 90.9 Å². The summed E-state index contributed by atoms with van der Waals surface area (Å²) in [7, 11) is 0. The highest BCUT2D eigenvalue weighted by atomic mass is 16.5. The van der Waals surface area contributed by atoms with Crippen molar-refractivity contribution in [2.45, 2.75) is 97.0 Å². The van der Waals surface area contributed by atoms with Crippen molar-refractivity contribution in [2.24, 2.45) is 11.8 Å². The predicted molar refractivity (Wildman–Crippen MR) is 104 cm³/mol. The van der Waals surface area contributed by atoms with Gasteiger partial charge in [0.15, 0.2) is 0 Å². The van der Waals surface area contributed by atoms with Gasteiger partial charge in [0, 0.05) is 6.42 Å². The Morgan fingerprint density at radius 2 is 1.80 bits per heavy atom. The molecule has 148 valence electrons. The van der Waals surface area contributed by atoms with Gasteiger partial charge in [0.1, 0.15) is 0 Å². The first-order chi connectivity index (χ1) is 12.2. The molecule has 0 bridgehead atoms. The van der Waals surface area contributed by atoms with Gasteiger partial charge in [0.2, 0.25) is 0 Å². The molecule has 1 aliphatic rings. The number of rotatable bonds is 15. The number of nitrogens with one attached hydrogen (secondary N) is 1. The maximum absolute atomic E-state index is 11.3. The van der Waals surface area contributed by atoms with Crippen LogP contribution >= 0.6 is 0 Å². The van der Waals surface area contributed by atoms with Crippen molar-refractivity contribution in [1.29, 1.82) is 0 Å². The molecule has 0 aromatic heterocycles. The number of ether oxygens (including phenoxy) is 1. The normalized spacial score (nSPS) is 23.1. The van der Waals surface area contributed by atoms with Crippen molar-refractivity contribution in [1.82, 2.24) is 5.32 Å². The van der Waals surface area contributed by atoms with E-state index in [0.717, 1.165) is 58.0 Å². The van der Waals surface area contributed by atoms with Crippen LogP contribution in [0.3, 0.4) is 0 Å². The average Bonchev–Trinajstić information content (AvgIpc) is 2.94. The third-order valence-corrected chi connectivity index (χ3v) is 5.52. The minimum Gasteiger partial charge on any atom is -0.466 e. The second-order valence-electron chi connectivity index (χ2n) is 7.59. The van der Waals surface area contributed by atoms with Crippen LogP contribution in [0.25, 0.3) is 0 Å². The number of hydrogen-bond donors (Lipinski definition) is 2. The van der Waals surface area contributed by atoms with Crippen LogP contribution in [0.4, 0.5) is 0 Å². The van der Waals surface area contributed by atoms with Gasteiger partial charge in [-0.05, 0) is 64.0 Å². The summed E-state index contributed by atoms with van der Waals surface area (Å²) in [6.07, 6.45) is 13.2. The second-order valence-corrected chi connectivity index (χ2v) is 7.59. The molecule has 4 nitrogen and oxygen atoms in total. The van der Waals surface area contributed by atoms with Crippen LogP contribution in [0.15, 0.2) is 0 Å². The molecule has 0 heterocycles. The molecule has 0 aromatic rings. The number of esters is 1. The highest BCUT2D eigenvalue weighted by molar-refractivity contribution is 5.69. The molecule has 1 fully saturated rings. The second kappa shape index (κ2) is 14.5. The van der Waals surface area contributed by atoms with Gasteiger partial charge < -0.3 is 15.2 Å². The Bertz CT molecular complexity index is 335. The summed E-state index contributed by atoms with van der Waals surface area (Å²) >= 11 is 0. The Labute approximate surface area is 155 Å². The molecule has 0 spiro atoms. The van der Waals surface area contributed by atoms with E-state index in [1.54, 1.807) is 0 Å². The van der Waals surface area contributed by atoms with E-state index in [1.165, 1.54) is 25.7 Å². The van der Waals surface area contributed by atoms with Crippen molar-refractivity contribution >= 4 is 5.97 Å². The summed E-state index contributed by atoms with van der Waals surface area (Å²) in [6, 6.07) is 0. The molecular formula is C21H41NO3. The van der Waals surface area contributed by atoms with Gasteiger partial charge in [0.05, 0.1) is 12.7 Å². The standard InChI is InChI=1S/C21H41NO3/c1-3-5-6-11-16-22-17-18-14-15-20(23)19(18)12-9-7-8-10-13-21(24)25-4-2/h18-20,22-23H,3-17H2,1-2H3/t18-,19+,20+/m0/s1. The molecule has 25 heavy (non-hydrogen) atoms. The van der Waals surface area contributed by atoms with Crippen LogP contribution in [0, 0.1) is 11.8 Å². The molecule has 0 amide bonds. The molecule has 1 aliphatic carbocycles. The molecule has 0 aromatic carbocycles. The molecule has 3 atom stereocenters. The van der Waals surface area contributed by atoms with Crippen molar-refractivity contribution < 1.29 is 14.6 Å². The quantitative estimate of drug-likeness (QED) is 0.337. The lowest BCUT2D eigenvalue weighted by molar-refractivity contribution is -0.143. The summed E-state index contributed by atoms with van der Waals surface area (Å²) in [4.78, 5) is 11.3. The summed E-state index contributed by atoms with van der Waals surface area (Å²) in [5.74, 6) is 1.03. The van der Waals surface area contributed by atoms with Gasteiger partial charge >= 0.3 is 5.97 Å². The topological polar surface area (TPSA) is 58.6 Å². The minimum absolute atomic E-state index is 0.0706. The summed E-state index contributed by atoms with van der Waals surface area (Å²) in [5, 5.41) is 13.9. The Morgan fingerprint density at radius 3 is 2.56 bits per heavy atom. The highest BCUT2D eigenvalue weighted by Crippen LogP contribution is 2.35. The van der Waals surface area contributed by atoms with Crippen LogP contribution in [0.2, 0.25) is 0 Å². The first-order valence-corrected chi connectivity index (χ1v) is 10.7. The molecule has 1 rings (SSSR count). The maximum Gasteiger partial charge on any atom is 0.305 e. The Hall–Kier alpha value is -0.610. The summed E-state index contributed by atoms with van der Waals surface area (Å²) in [6.45, 7) is 6.76. The Balaban J connectivity index is 2.08. The molecular weight excluding hydrogens is 314 g/mol. The number of carbonyl (C=O) groups excluding carboxylic acids is 1. The fourth-order valence-electron chi connectivity index (χ4n) is 4.01. The molecule has 2 N–H and O–H groups in total. The summed E-state index contributed by atoms with van der Waals surface area (Å²) < 4.78 is 4.95. The lowest BCUT2D eigenvalue weighted by Gasteiger charge is -2.22. The lowest BCUT2D eigenvalue weighted by atomic mass is 9.89.